The van der Waals surface area contributed by atoms with Gasteiger partial charge in [-0.05, 0) is 23.8 Å². The predicted molar refractivity (Wildman–Crippen MR) is 106 cm³/mol. The molecule has 0 atom stereocenters. The summed E-state index contributed by atoms with van der Waals surface area (Å²) >= 11 is 5.13. The molecular weight excluding hydrogens is 348 g/mol. The first-order valence-corrected chi connectivity index (χ1v) is 8.64. The summed E-state index contributed by atoms with van der Waals surface area (Å²) in [7, 11) is 1.62. The van der Waals surface area contributed by atoms with Crippen molar-refractivity contribution in [3.63, 3.8) is 0 Å². The van der Waals surface area contributed by atoms with Gasteiger partial charge in [0.25, 0.3) is 0 Å². The lowest BCUT2D eigenvalue weighted by Crippen LogP contribution is -2.23. The molecule has 0 saturated carbocycles. The molecule has 1 aromatic heterocycles. The molecule has 3 aromatic rings. The highest BCUT2D eigenvalue weighted by atomic mass is 32.1. The number of rotatable bonds is 6. The first-order chi connectivity index (χ1) is 12.7. The van der Waals surface area contributed by atoms with Gasteiger partial charge in [0.05, 0.1) is 18.7 Å². The number of methoxy groups -OCH3 is 1. The van der Waals surface area contributed by atoms with Crippen molar-refractivity contribution in [3.05, 3.63) is 60.2 Å². The second kappa shape index (κ2) is 8.55. The van der Waals surface area contributed by atoms with E-state index in [9.17, 15) is 5.11 Å². The van der Waals surface area contributed by atoms with Crippen LogP contribution < -0.4 is 5.32 Å². The lowest BCUT2D eigenvalue weighted by Gasteiger charge is -2.06. The molecule has 0 aliphatic carbocycles. The third-order valence-corrected chi connectivity index (χ3v) is 4.15. The first-order valence-electron chi connectivity index (χ1n) is 8.23. The lowest BCUT2D eigenvalue weighted by molar-refractivity contribution is 0.204. The molecule has 3 rings (SSSR count). The Morgan fingerprint density at radius 2 is 1.88 bits per heavy atom. The van der Waals surface area contributed by atoms with E-state index in [4.69, 9.17) is 17.0 Å². The molecule has 0 amide bonds. The number of nitrogens with one attached hydrogen (secondary N) is 1. The normalized spacial score (nSPS) is 11.3. The second-order valence-corrected chi connectivity index (χ2v) is 6.07. The van der Waals surface area contributed by atoms with E-state index in [1.54, 1.807) is 7.11 Å². The highest BCUT2D eigenvalue weighted by Gasteiger charge is 2.16. The highest BCUT2D eigenvalue weighted by Crippen LogP contribution is 2.39. The van der Waals surface area contributed by atoms with E-state index in [0.717, 1.165) is 16.5 Å². The van der Waals surface area contributed by atoms with Gasteiger partial charge in [0.2, 0.25) is 11.0 Å². The maximum atomic E-state index is 10.7. The molecule has 1 heterocycles. The van der Waals surface area contributed by atoms with Crippen LogP contribution in [0.2, 0.25) is 0 Å². The van der Waals surface area contributed by atoms with Crippen molar-refractivity contribution in [2.75, 3.05) is 20.3 Å². The Morgan fingerprint density at radius 1 is 1.15 bits per heavy atom. The van der Waals surface area contributed by atoms with E-state index < -0.39 is 0 Å². The Labute approximate surface area is 157 Å². The summed E-state index contributed by atoms with van der Waals surface area (Å²) in [5, 5.41) is 22.9. The van der Waals surface area contributed by atoms with E-state index in [1.807, 2.05) is 59.2 Å². The van der Waals surface area contributed by atoms with Crippen LogP contribution in [0.1, 0.15) is 5.56 Å². The molecule has 0 fully saturated rings. The fourth-order valence-electron chi connectivity index (χ4n) is 2.69. The molecule has 6 nitrogen and oxygen atoms in total. The molecule has 0 unspecified atom stereocenters. The molecule has 0 saturated heterocycles. The number of thiocarbonyl (C=S) groups is 1. The lowest BCUT2D eigenvalue weighted by atomic mass is 10.2. The fraction of sp³-hybridized carbons (Fsp3) is 0.211. The summed E-state index contributed by atoms with van der Waals surface area (Å²) in [5.74, 6) is 0.0681. The summed E-state index contributed by atoms with van der Waals surface area (Å²) < 4.78 is 6.77. The van der Waals surface area contributed by atoms with Gasteiger partial charge in [0.1, 0.15) is 0 Å². The van der Waals surface area contributed by atoms with Crippen LogP contribution in [-0.4, -0.2) is 35.0 Å². The van der Waals surface area contributed by atoms with Gasteiger partial charge in [0.15, 0.2) is 5.69 Å². The van der Waals surface area contributed by atoms with Crippen LogP contribution in [0.3, 0.4) is 0 Å². The Balaban J connectivity index is 1.91. The van der Waals surface area contributed by atoms with Gasteiger partial charge in [-0.15, -0.1) is 10.2 Å². The zero-order chi connectivity index (χ0) is 18.4. The van der Waals surface area contributed by atoms with Crippen molar-refractivity contribution < 1.29 is 9.84 Å². The standard InChI is InChI=1S/C19H20N4O2S/c1-25-12-11-20-19(26)22-21-17-15-9-5-6-10-16(15)23(18(17)24)13-14-7-3-2-4-8-14/h2-10,24H,11-13H2,1H3,(H,20,26). The monoisotopic (exact) mass is 368 g/mol. The third-order valence-electron chi connectivity index (χ3n) is 3.92. The minimum absolute atomic E-state index is 0.0681. The van der Waals surface area contributed by atoms with Gasteiger partial charge in [-0.1, -0.05) is 48.5 Å². The molecule has 0 bridgehead atoms. The van der Waals surface area contributed by atoms with Gasteiger partial charge in [-0.25, -0.2) is 0 Å². The van der Waals surface area contributed by atoms with Crippen molar-refractivity contribution in [2.45, 2.75) is 6.54 Å². The van der Waals surface area contributed by atoms with E-state index in [-0.39, 0.29) is 11.0 Å². The number of benzene rings is 2. The van der Waals surface area contributed by atoms with Crippen molar-refractivity contribution in [1.82, 2.24) is 9.88 Å². The highest BCUT2D eigenvalue weighted by molar-refractivity contribution is 7.80. The Bertz CT molecular complexity index is 922. The molecule has 2 aromatic carbocycles. The maximum Gasteiger partial charge on any atom is 0.221 e. The average molecular weight is 368 g/mol. The molecule has 134 valence electrons. The number of aromatic nitrogens is 1. The molecule has 2 N–H and O–H groups in total. The van der Waals surface area contributed by atoms with Crippen LogP contribution in [0.15, 0.2) is 64.8 Å². The summed E-state index contributed by atoms with van der Waals surface area (Å²) in [4.78, 5) is 0. The van der Waals surface area contributed by atoms with Crippen LogP contribution in [-0.2, 0) is 11.3 Å². The third kappa shape index (κ3) is 4.07. The van der Waals surface area contributed by atoms with Crippen LogP contribution in [0.5, 0.6) is 5.88 Å². The molecule has 0 aliphatic rings. The summed E-state index contributed by atoms with van der Waals surface area (Å²) in [6, 6.07) is 17.6. The molecule has 26 heavy (non-hydrogen) atoms. The number of aromatic hydroxyl groups is 1. The van der Waals surface area contributed by atoms with Gasteiger partial charge in [0, 0.05) is 19.0 Å². The number of ether oxygens (including phenoxy) is 1. The molecule has 0 aliphatic heterocycles. The number of para-hydroxylation sites is 1. The largest absolute Gasteiger partial charge is 0.493 e. The number of hydrogen-bond acceptors (Lipinski definition) is 4. The average Bonchev–Trinajstić information content (AvgIpc) is 2.93. The zero-order valence-corrected chi connectivity index (χ0v) is 15.2. The summed E-state index contributed by atoms with van der Waals surface area (Å²) in [6.45, 7) is 1.62. The minimum Gasteiger partial charge on any atom is -0.493 e. The number of hydrogen-bond donors (Lipinski definition) is 2. The minimum atomic E-state index is 0.0681. The topological polar surface area (TPSA) is 71.1 Å². The predicted octanol–water partition coefficient (Wildman–Crippen LogP) is 4.00. The molecular formula is C19H20N4O2S. The molecule has 7 heteroatoms. The van der Waals surface area contributed by atoms with Crippen LogP contribution in [0.25, 0.3) is 10.9 Å². The Hall–Kier alpha value is -2.77. The summed E-state index contributed by atoms with van der Waals surface area (Å²) in [6.07, 6.45) is 0. The Kier molecular flexibility index (Phi) is 5.93. The summed E-state index contributed by atoms with van der Waals surface area (Å²) in [5.41, 5.74) is 2.39. The van der Waals surface area contributed by atoms with E-state index in [0.29, 0.717) is 25.4 Å². The second-order valence-electron chi connectivity index (χ2n) is 5.69. The van der Waals surface area contributed by atoms with Crippen LogP contribution in [0.4, 0.5) is 5.69 Å². The van der Waals surface area contributed by atoms with E-state index in [1.165, 1.54) is 0 Å². The van der Waals surface area contributed by atoms with E-state index in [2.05, 4.69) is 15.5 Å². The number of azo groups is 1. The SMILES string of the molecule is COCCNC(=S)N=Nc1c(O)n(Cc2ccccc2)c2ccccc12. The van der Waals surface area contributed by atoms with Gasteiger partial charge in [-0.2, -0.15) is 0 Å². The first kappa shape index (κ1) is 18.0. The van der Waals surface area contributed by atoms with Crippen molar-refractivity contribution in [3.8, 4) is 5.88 Å². The van der Waals surface area contributed by atoms with Crippen molar-refractivity contribution in [1.29, 1.82) is 0 Å². The molecule has 0 radical (unpaired) electrons. The van der Waals surface area contributed by atoms with Gasteiger partial charge < -0.3 is 19.7 Å². The van der Waals surface area contributed by atoms with Crippen LogP contribution >= 0.6 is 12.2 Å². The van der Waals surface area contributed by atoms with E-state index >= 15 is 0 Å². The number of fused-ring (bicyclic) bond motifs is 1. The quantitative estimate of drug-likeness (QED) is 0.392. The van der Waals surface area contributed by atoms with Crippen molar-refractivity contribution in [2.24, 2.45) is 10.2 Å². The number of nitrogens with zero attached hydrogens (tertiary/aromatic N) is 3. The molecule has 0 spiro atoms. The zero-order valence-electron chi connectivity index (χ0n) is 14.4. The fourth-order valence-corrected chi connectivity index (χ4v) is 2.83. The Morgan fingerprint density at radius 3 is 2.65 bits per heavy atom. The van der Waals surface area contributed by atoms with Crippen molar-refractivity contribution >= 4 is 33.9 Å². The smallest absolute Gasteiger partial charge is 0.221 e. The maximum absolute atomic E-state index is 10.7. The van der Waals surface area contributed by atoms with Gasteiger partial charge >= 0.3 is 0 Å². The van der Waals surface area contributed by atoms with Crippen LogP contribution in [0, 0.1) is 0 Å². The van der Waals surface area contributed by atoms with Gasteiger partial charge in [-0.3, -0.25) is 0 Å².